The maximum absolute atomic E-state index is 13.1. The van der Waals surface area contributed by atoms with Gasteiger partial charge in [-0.15, -0.1) is 11.3 Å². The lowest BCUT2D eigenvalue weighted by Gasteiger charge is -2.26. The highest BCUT2D eigenvalue weighted by atomic mass is 32.1. The molecule has 4 aromatic rings. The molecule has 37 heavy (non-hydrogen) atoms. The Kier molecular flexibility index (Phi) is 6.58. The van der Waals surface area contributed by atoms with Crippen molar-refractivity contribution in [3.05, 3.63) is 89.3 Å². The second kappa shape index (κ2) is 10.3. The van der Waals surface area contributed by atoms with E-state index in [9.17, 15) is 9.59 Å². The summed E-state index contributed by atoms with van der Waals surface area (Å²) in [5.74, 6) is 0.298. The van der Waals surface area contributed by atoms with E-state index in [0.717, 1.165) is 66.7 Å². The third-order valence-corrected chi connectivity index (χ3v) is 8.23. The number of carbonyl (C=O) groups is 2. The molecule has 186 valence electrons. The Morgan fingerprint density at radius 3 is 2.38 bits per heavy atom. The van der Waals surface area contributed by atoms with Crippen LogP contribution in [0.1, 0.15) is 48.0 Å². The lowest BCUT2D eigenvalue weighted by molar-refractivity contribution is -0.123. The molecule has 0 atom stereocenters. The highest BCUT2D eigenvalue weighted by molar-refractivity contribution is 7.14. The van der Waals surface area contributed by atoms with Crippen LogP contribution < -0.4 is 10.2 Å². The molecule has 1 saturated carbocycles. The van der Waals surface area contributed by atoms with Gasteiger partial charge in [0.1, 0.15) is 0 Å². The van der Waals surface area contributed by atoms with Crippen LogP contribution >= 0.6 is 11.3 Å². The van der Waals surface area contributed by atoms with Crippen LogP contribution in [0.3, 0.4) is 0 Å². The molecule has 0 spiro atoms. The normalized spacial score (nSPS) is 15.4. The van der Waals surface area contributed by atoms with Crippen molar-refractivity contribution in [1.82, 2.24) is 4.98 Å². The van der Waals surface area contributed by atoms with Gasteiger partial charge in [0, 0.05) is 34.7 Å². The van der Waals surface area contributed by atoms with Crippen molar-refractivity contribution in [2.75, 3.05) is 16.8 Å². The number of amides is 2. The molecule has 0 saturated heterocycles. The molecule has 0 radical (unpaired) electrons. The Balaban J connectivity index is 1.13. The van der Waals surface area contributed by atoms with Gasteiger partial charge in [-0.25, -0.2) is 4.98 Å². The minimum Gasteiger partial charge on any atom is -0.312 e. The van der Waals surface area contributed by atoms with Gasteiger partial charge in [-0.05, 0) is 60.2 Å². The first-order valence-corrected chi connectivity index (χ1v) is 13.9. The molecule has 3 aromatic carbocycles. The average Bonchev–Trinajstić information content (AvgIpc) is 3.60. The summed E-state index contributed by atoms with van der Waals surface area (Å²) in [6, 6.07) is 24.0. The Hall–Kier alpha value is -3.77. The zero-order chi connectivity index (χ0) is 25.2. The molecule has 1 N–H and O–H groups in total. The van der Waals surface area contributed by atoms with E-state index in [2.05, 4.69) is 34.6 Å². The fourth-order valence-electron chi connectivity index (χ4n) is 5.44. The van der Waals surface area contributed by atoms with Crippen LogP contribution in [0.2, 0.25) is 0 Å². The quantitative estimate of drug-likeness (QED) is 0.311. The number of anilines is 2. The number of thiazole rings is 1. The van der Waals surface area contributed by atoms with Crippen LogP contribution in [0, 0.1) is 5.92 Å². The van der Waals surface area contributed by atoms with Crippen LogP contribution in [0.25, 0.3) is 22.4 Å². The standard InChI is InChI=1S/C31H29N3O2S/c35-29(23-13-11-22(12-14-23)21-7-3-1-4-8-21)33-31-32-27(20-37-31)25-15-16-28-26(19-25)17-18-34(28)30(36)24-9-5-2-6-10-24/h1,3-4,7-8,11-16,19-20,24H,2,5-6,9-10,17-18H2,(H,32,33,35). The summed E-state index contributed by atoms with van der Waals surface area (Å²) in [6.07, 6.45) is 6.49. The summed E-state index contributed by atoms with van der Waals surface area (Å²) in [4.78, 5) is 32.6. The number of rotatable bonds is 5. The number of nitrogens with one attached hydrogen (secondary N) is 1. The monoisotopic (exact) mass is 507 g/mol. The molecule has 0 bridgehead atoms. The first-order chi connectivity index (χ1) is 18.2. The van der Waals surface area contributed by atoms with Crippen molar-refractivity contribution in [1.29, 1.82) is 0 Å². The first kappa shape index (κ1) is 23.6. The van der Waals surface area contributed by atoms with E-state index in [4.69, 9.17) is 0 Å². The fourth-order valence-corrected chi connectivity index (χ4v) is 6.15. The van der Waals surface area contributed by atoms with E-state index in [-0.39, 0.29) is 11.8 Å². The Morgan fingerprint density at radius 1 is 0.865 bits per heavy atom. The number of hydrogen-bond acceptors (Lipinski definition) is 4. The Labute approximate surface area is 221 Å². The van der Waals surface area contributed by atoms with Crippen LogP contribution in [0.4, 0.5) is 10.8 Å². The van der Waals surface area contributed by atoms with Crippen LogP contribution in [0.15, 0.2) is 78.2 Å². The number of hydrogen-bond donors (Lipinski definition) is 1. The zero-order valence-electron chi connectivity index (χ0n) is 20.7. The first-order valence-electron chi connectivity index (χ1n) is 13.0. The van der Waals surface area contributed by atoms with Gasteiger partial charge in [0.2, 0.25) is 5.91 Å². The molecule has 1 aliphatic carbocycles. The topological polar surface area (TPSA) is 62.3 Å². The van der Waals surface area contributed by atoms with Gasteiger partial charge in [-0.3, -0.25) is 14.9 Å². The van der Waals surface area contributed by atoms with Gasteiger partial charge < -0.3 is 4.90 Å². The van der Waals surface area contributed by atoms with Crippen molar-refractivity contribution in [2.24, 2.45) is 5.92 Å². The third kappa shape index (κ3) is 4.94. The summed E-state index contributed by atoms with van der Waals surface area (Å²) >= 11 is 1.42. The van der Waals surface area contributed by atoms with Crippen molar-refractivity contribution < 1.29 is 9.59 Å². The number of carbonyl (C=O) groups excluding carboxylic acids is 2. The summed E-state index contributed by atoms with van der Waals surface area (Å²) in [7, 11) is 0. The minimum atomic E-state index is -0.175. The van der Waals surface area contributed by atoms with Gasteiger partial charge in [0.15, 0.2) is 5.13 Å². The molecule has 2 heterocycles. The molecule has 6 rings (SSSR count). The maximum atomic E-state index is 13.1. The van der Waals surface area contributed by atoms with Crippen LogP contribution in [-0.2, 0) is 11.2 Å². The third-order valence-electron chi connectivity index (χ3n) is 7.47. The summed E-state index contributed by atoms with van der Waals surface area (Å²) < 4.78 is 0. The molecule has 1 fully saturated rings. The fraction of sp³-hybridized carbons (Fsp3) is 0.258. The molecule has 5 nitrogen and oxygen atoms in total. The lowest BCUT2D eigenvalue weighted by Crippen LogP contribution is -2.35. The van der Waals surface area contributed by atoms with E-state index in [1.54, 1.807) is 0 Å². The largest absolute Gasteiger partial charge is 0.312 e. The van der Waals surface area contributed by atoms with E-state index in [1.165, 1.54) is 23.3 Å². The lowest BCUT2D eigenvalue weighted by atomic mass is 9.88. The maximum Gasteiger partial charge on any atom is 0.257 e. The minimum absolute atomic E-state index is 0.175. The molecule has 0 unspecified atom stereocenters. The molecule has 1 aliphatic heterocycles. The second-order valence-corrected chi connectivity index (χ2v) is 10.7. The molecule has 2 amide bonds. The van der Waals surface area contributed by atoms with E-state index < -0.39 is 0 Å². The van der Waals surface area contributed by atoms with E-state index in [0.29, 0.717) is 16.6 Å². The molecular formula is C31H29N3O2S. The summed E-state index contributed by atoms with van der Waals surface area (Å²) in [6.45, 7) is 0.759. The van der Waals surface area contributed by atoms with Gasteiger partial charge in [-0.2, -0.15) is 0 Å². The van der Waals surface area contributed by atoms with Crippen molar-refractivity contribution in [2.45, 2.75) is 38.5 Å². The van der Waals surface area contributed by atoms with Gasteiger partial charge in [-0.1, -0.05) is 67.8 Å². The Bertz CT molecular complexity index is 1420. The number of fused-ring (bicyclic) bond motifs is 1. The number of benzene rings is 3. The molecular weight excluding hydrogens is 478 g/mol. The van der Waals surface area contributed by atoms with Crippen LogP contribution in [-0.4, -0.2) is 23.3 Å². The van der Waals surface area contributed by atoms with E-state index in [1.807, 2.05) is 58.8 Å². The molecule has 6 heteroatoms. The van der Waals surface area contributed by atoms with Crippen molar-refractivity contribution in [3.63, 3.8) is 0 Å². The van der Waals surface area contributed by atoms with Crippen molar-refractivity contribution >= 4 is 34.0 Å². The Morgan fingerprint density at radius 2 is 1.59 bits per heavy atom. The predicted molar refractivity (Wildman–Crippen MR) is 150 cm³/mol. The highest BCUT2D eigenvalue weighted by Gasteiger charge is 2.31. The van der Waals surface area contributed by atoms with Crippen molar-refractivity contribution in [3.8, 4) is 22.4 Å². The molecule has 2 aliphatic rings. The molecule has 1 aromatic heterocycles. The summed E-state index contributed by atoms with van der Waals surface area (Å²) in [5.41, 5.74) is 6.87. The van der Waals surface area contributed by atoms with Crippen LogP contribution in [0.5, 0.6) is 0 Å². The van der Waals surface area contributed by atoms with Gasteiger partial charge in [0.25, 0.3) is 5.91 Å². The van der Waals surface area contributed by atoms with Gasteiger partial charge in [0.05, 0.1) is 5.69 Å². The zero-order valence-corrected chi connectivity index (χ0v) is 21.5. The smallest absolute Gasteiger partial charge is 0.257 e. The SMILES string of the molecule is O=C(Nc1nc(-c2ccc3c(c2)CCN3C(=O)C2CCCCC2)cs1)c1ccc(-c2ccccc2)cc1. The average molecular weight is 508 g/mol. The highest BCUT2D eigenvalue weighted by Crippen LogP contribution is 2.36. The predicted octanol–water partition coefficient (Wildman–Crippen LogP) is 7.20. The second-order valence-electron chi connectivity index (χ2n) is 9.85. The summed E-state index contributed by atoms with van der Waals surface area (Å²) in [5, 5.41) is 5.47. The number of nitrogens with zero attached hydrogens (tertiary/aromatic N) is 2. The van der Waals surface area contributed by atoms with E-state index >= 15 is 0 Å². The van der Waals surface area contributed by atoms with Gasteiger partial charge >= 0.3 is 0 Å². The number of aromatic nitrogens is 1.